The van der Waals surface area contributed by atoms with Crippen molar-refractivity contribution in [2.45, 2.75) is 148 Å². The zero-order valence-corrected chi connectivity index (χ0v) is 40.6. The van der Waals surface area contributed by atoms with Crippen LogP contribution in [-0.4, -0.2) is 126 Å². The molecular weight excluding hydrogens is 888 g/mol. The lowest BCUT2D eigenvalue weighted by Gasteiger charge is -2.54. The monoisotopic (exact) mass is 958 g/mol. The lowest BCUT2D eigenvalue weighted by molar-refractivity contribution is -0.198. The first-order valence-electron chi connectivity index (χ1n) is 23.3. The number of benzene rings is 2. The first-order valence-corrected chi connectivity index (χ1v) is 23.3. The quantitative estimate of drug-likeness (QED) is 0.112. The molecule has 1 spiro atoms. The number of carbonyl (C=O) groups is 7. The zero-order valence-electron chi connectivity index (χ0n) is 40.6. The van der Waals surface area contributed by atoms with E-state index in [0.29, 0.717) is 31.2 Å². The van der Waals surface area contributed by atoms with Gasteiger partial charge in [0.2, 0.25) is 23.6 Å². The molecule has 2 fully saturated rings. The molecule has 2 heterocycles. The van der Waals surface area contributed by atoms with E-state index in [2.05, 4.69) is 26.6 Å². The summed E-state index contributed by atoms with van der Waals surface area (Å²) < 4.78 is 50.0. The molecular formula is C49H70F3N7O9. The van der Waals surface area contributed by atoms with Gasteiger partial charge in [-0.3, -0.25) is 24.0 Å². The lowest BCUT2D eigenvalue weighted by Crippen LogP contribution is -2.65. The number of hydrogen-bond donors (Lipinski definition) is 5. The predicted molar refractivity (Wildman–Crippen MR) is 248 cm³/mol. The molecule has 0 radical (unpaired) electrons. The number of amides is 7. The van der Waals surface area contributed by atoms with Gasteiger partial charge < -0.3 is 45.9 Å². The van der Waals surface area contributed by atoms with Crippen LogP contribution in [0.3, 0.4) is 0 Å². The van der Waals surface area contributed by atoms with Gasteiger partial charge in [-0.05, 0) is 97.1 Å². The Morgan fingerprint density at radius 3 is 1.56 bits per heavy atom. The van der Waals surface area contributed by atoms with Gasteiger partial charge in [0.05, 0.1) is 0 Å². The van der Waals surface area contributed by atoms with Crippen molar-refractivity contribution in [2.75, 3.05) is 32.7 Å². The highest BCUT2D eigenvalue weighted by atomic mass is 19.4. The number of halogens is 3. The van der Waals surface area contributed by atoms with Gasteiger partial charge in [0.25, 0.3) is 0 Å². The zero-order chi connectivity index (χ0) is 50.5. The third kappa shape index (κ3) is 18.0. The third-order valence-electron chi connectivity index (χ3n) is 11.5. The number of nitrogens with one attached hydrogen (secondary N) is 5. The van der Waals surface area contributed by atoms with Crippen LogP contribution in [0.1, 0.15) is 105 Å². The topological polar surface area (TPSA) is 205 Å². The van der Waals surface area contributed by atoms with Crippen LogP contribution in [0, 0.1) is 11.3 Å². The molecule has 2 saturated heterocycles. The molecule has 0 aliphatic carbocycles. The Morgan fingerprint density at radius 1 is 0.618 bits per heavy atom. The molecule has 7 amide bonds. The molecule has 0 aromatic heterocycles. The Kier molecular flexibility index (Phi) is 19.2. The molecule has 5 N–H and O–H groups in total. The van der Waals surface area contributed by atoms with Gasteiger partial charge in [-0.15, -0.1) is 0 Å². The maximum Gasteiger partial charge on any atom is 0.471 e. The summed E-state index contributed by atoms with van der Waals surface area (Å²) in [7, 11) is 0. The van der Waals surface area contributed by atoms with Crippen LogP contribution in [0.4, 0.5) is 22.8 Å². The van der Waals surface area contributed by atoms with Crippen molar-refractivity contribution in [1.29, 1.82) is 0 Å². The first-order chi connectivity index (χ1) is 31.7. The second-order valence-electron chi connectivity index (χ2n) is 20.3. The summed E-state index contributed by atoms with van der Waals surface area (Å²) in [5, 5.41) is 13.9. The summed E-state index contributed by atoms with van der Waals surface area (Å²) in [5.74, 6) is -4.43. The predicted octanol–water partition coefficient (Wildman–Crippen LogP) is 5.57. The van der Waals surface area contributed by atoms with Crippen molar-refractivity contribution >= 4 is 41.7 Å². The van der Waals surface area contributed by atoms with Gasteiger partial charge in [0.1, 0.15) is 35.4 Å². The fourth-order valence-electron chi connectivity index (χ4n) is 8.15. The molecule has 4 atom stereocenters. The van der Waals surface area contributed by atoms with Crippen LogP contribution in [0.25, 0.3) is 0 Å². The number of piperidine rings is 1. The van der Waals surface area contributed by atoms with Crippen LogP contribution < -0.4 is 26.6 Å². The average molecular weight is 958 g/mol. The molecule has 4 rings (SSSR count). The Hall–Kier alpha value is -5.88. The summed E-state index contributed by atoms with van der Waals surface area (Å²) in [4.78, 5) is 96.6. The van der Waals surface area contributed by atoms with E-state index < -0.39 is 88.7 Å². The van der Waals surface area contributed by atoms with Crippen molar-refractivity contribution in [3.05, 3.63) is 71.8 Å². The standard InChI is InChI=1S/C49H70F3N7O9/c1-32(2)27-36(55-40(61)37(28-33-17-11-9-12-18-33)56-41(62)38(29-34-19-13-10-14-20-34)57-45(66)68-47(6,7)8)39(60)54-35(21-15-16-24-53-44(65)67-46(3,4)5)42(63)58-25-22-48(23-26-58)30-59(31-48)43(64)49(50,51)52/h9-14,17-20,32,35-38H,15-16,21-31H2,1-8H3,(H,53,65)(H,54,60)(H,55,61)(H,56,62)(H,57,66). The SMILES string of the molecule is CC(C)CC(NC(=O)C(Cc1ccccc1)NC(=O)C(Cc1ccccc1)NC(=O)OC(C)(C)C)C(=O)NC(CCCCNC(=O)OC(C)(C)C)C(=O)N1CCC2(CC1)CN(C(=O)C(F)(F)F)C2. The number of rotatable bonds is 19. The number of likely N-dealkylation sites (tertiary alicyclic amines) is 2. The second-order valence-corrected chi connectivity index (χ2v) is 20.3. The molecule has 19 heteroatoms. The van der Waals surface area contributed by atoms with Gasteiger partial charge in [0.15, 0.2) is 0 Å². The maximum absolute atomic E-state index is 14.4. The maximum atomic E-state index is 14.4. The number of ether oxygens (including phenoxy) is 2. The largest absolute Gasteiger partial charge is 0.471 e. The van der Waals surface area contributed by atoms with Crippen molar-refractivity contribution in [2.24, 2.45) is 11.3 Å². The number of unbranched alkanes of at least 4 members (excludes halogenated alkanes) is 1. The Balaban J connectivity index is 1.53. The smallest absolute Gasteiger partial charge is 0.444 e. The number of nitrogens with zero attached hydrogens (tertiary/aromatic N) is 2. The van der Waals surface area contributed by atoms with Crippen molar-refractivity contribution in [3.63, 3.8) is 0 Å². The molecule has 4 unspecified atom stereocenters. The molecule has 0 bridgehead atoms. The van der Waals surface area contributed by atoms with Crippen LogP contribution in [0.15, 0.2) is 60.7 Å². The van der Waals surface area contributed by atoms with Gasteiger partial charge in [-0.1, -0.05) is 74.5 Å². The van der Waals surface area contributed by atoms with Gasteiger partial charge in [0, 0.05) is 51.0 Å². The fourth-order valence-corrected chi connectivity index (χ4v) is 8.15. The second kappa shape index (κ2) is 23.9. The summed E-state index contributed by atoms with van der Waals surface area (Å²) in [6.45, 7) is 14.5. The van der Waals surface area contributed by atoms with E-state index in [1.807, 2.05) is 19.9 Å². The van der Waals surface area contributed by atoms with Crippen LogP contribution in [0.5, 0.6) is 0 Å². The van der Waals surface area contributed by atoms with Crippen molar-refractivity contribution in [3.8, 4) is 0 Å². The Labute approximate surface area is 397 Å². The fraction of sp³-hybridized carbons (Fsp3) is 0.612. The normalized spacial score (nSPS) is 16.6. The molecule has 0 saturated carbocycles. The van der Waals surface area contributed by atoms with E-state index in [1.165, 1.54) is 0 Å². The molecule has 68 heavy (non-hydrogen) atoms. The number of alkyl halides is 3. The van der Waals surface area contributed by atoms with Crippen LogP contribution in [0.2, 0.25) is 0 Å². The van der Waals surface area contributed by atoms with E-state index in [4.69, 9.17) is 9.47 Å². The summed E-state index contributed by atoms with van der Waals surface area (Å²) >= 11 is 0. The molecule has 2 aromatic rings. The van der Waals surface area contributed by atoms with Crippen LogP contribution >= 0.6 is 0 Å². The van der Waals surface area contributed by atoms with E-state index in [9.17, 15) is 46.7 Å². The lowest BCUT2D eigenvalue weighted by atomic mass is 9.72. The molecule has 2 aliphatic heterocycles. The van der Waals surface area contributed by atoms with Crippen molar-refractivity contribution < 1.29 is 56.2 Å². The van der Waals surface area contributed by atoms with E-state index in [1.54, 1.807) is 101 Å². The minimum atomic E-state index is -4.97. The minimum Gasteiger partial charge on any atom is -0.444 e. The third-order valence-corrected chi connectivity index (χ3v) is 11.5. The van der Waals surface area contributed by atoms with E-state index in [0.717, 1.165) is 10.5 Å². The highest BCUT2D eigenvalue weighted by molar-refractivity contribution is 5.95. The highest BCUT2D eigenvalue weighted by Crippen LogP contribution is 2.42. The molecule has 16 nitrogen and oxygen atoms in total. The summed E-state index contributed by atoms with van der Waals surface area (Å²) in [6.07, 6.45) is -4.47. The summed E-state index contributed by atoms with van der Waals surface area (Å²) in [6, 6.07) is 13.3. The van der Waals surface area contributed by atoms with Crippen LogP contribution in [-0.2, 0) is 46.3 Å². The van der Waals surface area contributed by atoms with E-state index >= 15 is 0 Å². The van der Waals surface area contributed by atoms with Gasteiger partial charge >= 0.3 is 24.3 Å². The minimum absolute atomic E-state index is 0.0238. The van der Waals surface area contributed by atoms with Crippen molar-refractivity contribution in [1.82, 2.24) is 36.4 Å². The molecule has 2 aliphatic rings. The summed E-state index contributed by atoms with van der Waals surface area (Å²) in [5.41, 5.74) is -0.670. The van der Waals surface area contributed by atoms with E-state index in [-0.39, 0.29) is 64.3 Å². The first kappa shape index (κ1) is 54.7. The number of hydrogen-bond acceptors (Lipinski definition) is 9. The molecule has 2 aromatic carbocycles. The number of alkyl carbamates (subject to hydrolysis) is 2. The molecule has 376 valence electrons. The Morgan fingerprint density at radius 2 is 1.07 bits per heavy atom. The highest BCUT2D eigenvalue weighted by Gasteiger charge is 2.53. The number of carbonyl (C=O) groups excluding carboxylic acids is 7. The average Bonchev–Trinajstić information content (AvgIpc) is 3.22. The van der Waals surface area contributed by atoms with Gasteiger partial charge in [-0.2, -0.15) is 13.2 Å². The van der Waals surface area contributed by atoms with Gasteiger partial charge in [-0.25, -0.2) is 9.59 Å². The Bertz CT molecular complexity index is 2030.